The summed E-state index contributed by atoms with van der Waals surface area (Å²) >= 11 is 0. The van der Waals surface area contributed by atoms with Gasteiger partial charge in [-0.05, 0) is 0 Å². The molecule has 0 amide bonds. The number of carbonyl (C=O) groups is 1. The molecule has 102 valence electrons. The molecule has 10 nitrogen and oxygen atoms in total. The Hall–Kier alpha value is -3.79. The Balaban J connectivity index is 2.68. The molecule has 0 saturated heterocycles. The molecule has 0 aromatic carbocycles. The number of aromatic nitrogens is 3. The van der Waals surface area contributed by atoms with E-state index in [-0.39, 0.29) is 17.2 Å². The lowest BCUT2D eigenvalue weighted by molar-refractivity contribution is -0.385. The standard InChI is InChI=1S/C11H4N6O4/c12-2-7-8(3-13)16(5-15-7)10-1-6(11(18)19)9(4-14-10)17(20)21/h1,4-5H,(H,18,19). The molecular formula is C11H4N6O4. The van der Waals surface area contributed by atoms with Crippen molar-refractivity contribution in [3.63, 3.8) is 0 Å². The first-order valence-electron chi connectivity index (χ1n) is 5.25. The molecule has 2 aromatic rings. The summed E-state index contributed by atoms with van der Waals surface area (Å²) in [5.41, 5.74) is -1.56. The van der Waals surface area contributed by atoms with Gasteiger partial charge in [0.05, 0.1) is 4.92 Å². The fourth-order valence-corrected chi connectivity index (χ4v) is 1.60. The van der Waals surface area contributed by atoms with Gasteiger partial charge in [0.2, 0.25) is 0 Å². The molecule has 0 bridgehead atoms. The van der Waals surface area contributed by atoms with E-state index in [1.54, 1.807) is 12.1 Å². The lowest BCUT2D eigenvalue weighted by Crippen LogP contribution is -2.07. The number of hydrogen-bond acceptors (Lipinski definition) is 7. The second-order valence-electron chi connectivity index (χ2n) is 3.66. The van der Waals surface area contributed by atoms with Crippen molar-refractivity contribution >= 4 is 11.7 Å². The summed E-state index contributed by atoms with van der Waals surface area (Å²) in [6, 6.07) is 4.37. The van der Waals surface area contributed by atoms with E-state index in [0.717, 1.165) is 23.2 Å². The molecule has 21 heavy (non-hydrogen) atoms. The average Bonchev–Trinajstić information content (AvgIpc) is 2.89. The Kier molecular flexibility index (Phi) is 3.29. The second kappa shape index (κ2) is 5.07. The van der Waals surface area contributed by atoms with Crippen LogP contribution >= 0.6 is 0 Å². The Morgan fingerprint density at radius 2 is 2.10 bits per heavy atom. The van der Waals surface area contributed by atoms with Crippen molar-refractivity contribution in [2.75, 3.05) is 0 Å². The monoisotopic (exact) mass is 284 g/mol. The van der Waals surface area contributed by atoms with Gasteiger partial charge >= 0.3 is 11.7 Å². The van der Waals surface area contributed by atoms with Gasteiger partial charge in [-0.3, -0.25) is 14.7 Å². The zero-order valence-electron chi connectivity index (χ0n) is 10.1. The first kappa shape index (κ1) is 13.6. The molecule has 2 heterocycles. The van der Waals surface area contributed by atoms with E-state index in [1.165, 1.54) is 0 Å². The summed E-state index contributed by atoms with van der Waals surface area (Å²) in [4.78, 5) is 28.3. The SMILES string of the molecule is N#Cc1ncn(-c2cc(C(=O)O)c([N+](=O)[O-])cn2)c1C#N. The van der Waals surface area contributed by atoms with Crippen LogP contribution in [0.2, 0.25) is 0 Å². The Morgan fingerprint density at radius 1 is 1.38 bits per heavy atom. The number of nitro groups is 1. The molecule has 0 spiro atoms. The van der Waals surface area contributed by atoms with Crippen LogP contribution in [-0.2, 0) is 0 Å². The third-order valence-electron chi connectivity index (χ3n) is 2.52. The number of aromatic carboxylic acids is 1. The third kappa shape index (κ3) is 2.24. The average molecular weight is 284 g/mol. The Morgan fingerprint density at radius 3 is 2.62 bits per heavy atom. The maximum Gasteiger partial charge on any atom is 0.342 e. The van der Waals surface area contributed by atoms with Gasteiger partial charge in [-0.25, -0.2) is 14.8 Å². The molecule has 2 rings (SSSR count). The highest BCUT2D eigenvalue weighted by atomic mass is 16.6. The second-order valence-corrected chi connectivity index (χ2v) is 3.66. The van der Waals surface area contributed by atoms with Crippen molar-refractivity contribution in [2.45, 2.75) is 0 Å². The van der Waals surface area contributed by atoms with Crippen molar-refractivity contribution in [2.24, 2.45) is 0 Å². The quantitative estimate of drug-likeness (QED) is 0.633. The van der Waals surface area contributed by atoms with Crippen LogP contribution in [0.15, 0.2) is 18.6 Å². The summed E-state index contributed by atoms with van der Waals surface area (Å²) in [6.45, 7) is 0. The van der Waals surface area contributed by atoms with Crippen LogP contribution in [0.4, 0.5) is 5.69 Å². The number of rotatable bonds is 3. The fourth-order valence-electron chi connectivity index (χ4n) is 1.60. The van der Waals surface area contributed by atoms with E-state index in [0.29, 0.717) is 0 Å². The smallest absolute Gasteiger partial charge is 0.342 e. The van der Waals surface area contributed by atoms with Gasteiger partial charge in [-0.2, -0.15) is 10.5 Å². The van der Waals surface area contributed by atoms with Crippen molar-refractivity contribution in [1.82, 2.24) is 14.5 Å². The van der Waals surface area contributed by atoms with E-state index < -0.39 is 22.1 Å². The molecule has 0 aliphatic carbocycles. The summed E-state index contributed by atoms with van der Waals surface area (Å²) in [5.74, 6) is -1.58. The zero-order valence-corrected chi connectivity index (χ0v) is 10.1. The molecule has 2 aromatic heterocycles. The number of pyridine rings is 1. The summed E-state index contributed by atoms with van der Waals surface area (Å²) in [5, 5.41) is 37.5. The Labute approximate surface area is 116 Å². The van der Waals surface area contributed by atoms with Crippen LogP contribution in [0.3, 0.4) is 0 Å². The van der Waals surface area contributed by atoms with E-state index in [2.05, 4.69) is 9.97 Å². The van der Waals surface area contributed by atoms with Gasteiger partial charge in [-0.1, -0.05) is 0 Å². The first-order chi connectivity index (χ1) is 9.99. The highest BCUT2D eigenvalue weighted by Gasteiger charge is 2.22. The van der Waals surface area contributed by atoms with Crippen molar-refractivity contribution in [1.29, 1.82) is 10.5 Å². The number of hydrogen-bond donors (Lipinski definition) is 1. The summed E-state index contributed by atoms with van der Waals surface area (Å²) in [6.07, 6.45) is 1.88. The fraction of sp³-hybridized carbons (Fsp3) is 0. The van der Waals surface area contributed by atoms with Crippen LogP contribution in [0.1, 0.15) is 21.7 Å². The highest BCUT2D eigenvalue weighted by molar-refractivity contribution is 5.92. The molecule has 1 N–H and O–H groups in total. The predicted octanol–water partition coefficient (Wildman–Crippen LogP) is 0.617. The number of nitrogens with zero attached hydrogens (tertiary/aromatic N) is 6. The molecule has 0 aliphatic rings. The molecule has 0 radical (unpaired) electrons. The van der Waals surface area contributed by atoms with E-state index in [9.17, 15) is 14.9 Å². The predicted molar refractivity (Wildman–Crippen MR) is 64.4 cm³/mol. The molecule has 0 fully saturated rings. The minimum absolute atomic E-state index is 0.0662. The van der Waals surface area contributed by atoms with E-state index >= 15 is 0 Å². The highest BCUT2D eigenvalue weighted by Crippen LogP contribution is 2.21. The summed E-state index contributed by atoms with van der Waals surface area (Å²) < 4.78 is 1.08. The van der Waals surface area contributed by atoms with Crippen molar-refractivity contribution in [3.8, 4) is 18.0 Å². The van der Waals surface area contributed by atoms with Crippen molar-refractivity contribution in [3.05, 3.63) is 45.7 Å². The largest absolute Gasteiger partial charge is 0.477 e. The molecule has 0 unspecified atom stereocenters. The summed E-state index contributed by atoms with van der Waals surface area (Å²) in [7, 11) is 0. The number of carboxylic acid groups (broad SMARTS) is 1. The molecule has 0 saturated carbocycles. The van der Waals surface area contributed by atoms with E-state index in [4.69, 9.17) is 15.6 Å². The third-order valence-corrected chi connectivity index (χ3v) is 2.52. The van der Waals surface area contributed by atoms with Gasteiger partial charge in [0.15, 0.2) is 11.4 Å². The Bertz CT molecular complexity index is 841. The van der Waals surface area contributed by atoms with Gasteiger partial charge in [0, 0.05) is 6.07 Å². The number of imidazole rings is 1. The van der Waals surface area contributed by atoms with Crippen LogP contribution in [-0.4, -0.2) is 30.5 Å². The maximum absolute atomic E-state index is 11.1. The van der Waals surface area contributed by atoms with Crippen LogP contribution in [0.5, 0.6) is 0 Å². The zero-order chi connectivity index (χ0) is 15.6. The number of carboxylic acids is 1. The maximum atomic E-state index is 11.1. The number of nitriles is 2. The van der Waals surface area contributed by atoms with Gasteiger partial charge in [0.25, 0.3) is 0 Å². The molecule has 0 atom stereocenters. The molecule has 0 aliphatic heterocycles. The lowest BCUT2D eigenvalue weighted by atomic mass is 10.2. The van der Waals surface area contributed by atoms with E-state index in [1.807, 2.05) is 0 Å². The topological polar surface area (TPSA) is 159 Å². The lowest BCUT2D eigenvalue weighted by Gasteiger charge is -2.04. The van der Waals surface area contributed by atoms with Crippen molar-refractivity contribution < 1.29 is 14.8 Å². The minimum atomic E-state index is -1.51. The van der Waals surface area contributed by atoms with Gasteiger partial charge in [-0.15, -0.1) is 0 Å². The van der Waals surface area contributed by atoms with Crippen LogP contribution in [0, 0.1) is 32.8 Å². The van der Waals surface area contributed by atoms with Gasteiger partial charge < -0.3 is 5.11 Å². The first-order valence-corrected chi connectivity index (χ1v) is 5.25. The molecular weight excluding hydrogens is 280 g/mol. The normalized spacial score (nSPS) is 9.62. The van der Waals surface area contributed by atoms with Crippen LogP contribution in [0.25, 0.3) is 5.82 Å². The minimum Gasteiger partial charge on any atom is -0.477 e. The van der Waals surface area contributed by atoms with Gasteiger partial charge in [0.1, 0.15) is 36.0 Å². The molecule has 10 heteroatoms. The van der Waals surface area contributed by atoms with Crippen LogP contribution < -0.4 is 0 Å².